The van der Waals surface area contributed by atoms with Gasteiger partial charge in [-0.15, -0.1) is 0 Å². The molecule has 1 saturated carbocycles. The highest BCUT2D eigenvalue weighted by Crippen LogP contribution is 2.38. The number of hydrogen-bond donors (Lipinski definition) is 1. The number of rotatable bonds is 10. The Bertz CT molecular complexity index is 1230. The minimum absolute atomic E-state index is 0.0424. The number of pyridine rings is 1. The van der Waals surface area contributed by atoms with Crippen molar-refractivity contribution in [3.63, 3.8) is 0 Å². The summed E-state index contributed by atoms with van der Waals surface area (Å²) in [5, 5.41) is 3.41. The fraction of sp³-hybridized carbons (Fsp3) is 0.407. The number of morpholine rings is 1. The zero-order chi connectivity index (χ0) is 24.9. The highest BCUT2D eigenvalue weighted by atomic mass is 19.1. The molecule has 9 heteroatoms. The van der Waals surface area contributed by atoms with Gasteiger partial charge in [-0.05, 0) is 43.5 Å². The predicted molar refractivity (Wildman–Crippen MR) is 133 cm³/mol. The quantitative estimate of drug-likeness (QED) is 0.411. The molecular weight excluding hydrogens is 465 g/mol. The molecule has 1 aliphatic heterocycles. The normalized spacial score (nSPS) is 16.1. The van der Waals surface area contributed by atoms with Crippen molar-refractivity contribution in [1.82, 2.24) is 9.88 Å². The van der Waals surface area contributed by atoms with Crippen LogP contribution in [0, 0.1) is 11.7 Å². The van der Waals surface area contributed by atoms with Crippen LogP contribution >= 0.6 is 0 Å². The van der Waals surface area contributed by atoms with Crippen LogP contribution in [0.2, 0.25) is 0 Å². The van der Waals surface area contributed by atoms with Crippen molar-refractivity contribution < 1.29 is 28.1 Å². The number of hydrogen-bond acceptors (Lipinski definition) is 7. The Morgan fingerprint density at radius 1 is 1.11 bits per heavy atom. The Morgan fingerprint density at radius 3 is 2.69 bits per heavy atom. The van der Waals surface area contributed by atoms with Crippen molar-refractivity contribution in [2.24, 2.45) is 5.92 Å². The van der Waals surface area contributed by atoms with Crippen LogP contribution in [0.5, 0.6) is 23.0 Å². The van der Waals surface area contributed by atoms with Crippen molar-refractivity contribution in [3.05, 3.63) is 48.4 Å². The van der Waals surface area contributed by atoms with Gasteiger partial charge in [0.15, 0.2) is 23.1 Å². The molecule has 0 bridgehead atoms. The van der Waals surface area contributed by atoms with Crippen LogP contribution in [0.1, 0.15) is 19.3 Å². The number of carbonyl (C=O) groups is 1. The van der Waals surface area contributed by atoms with E-state index in [-0.39, 0.29) is 17.6 Å². The molecule has 190 valence electrons. The molecule has 0 atom stereocenters. The molecule has 0 radical (unpaired) electrons. The van der Waals surface area contributed by atoms with Crippen molar-refractivity contribution in [2.45, 2.75) is 19.3 Å². The third-order valence-corrected chi connectivity index (χ3v) is 6.33. The van der Waals surface area contributed by atoms with E-state index in [0.717, 1.165) is 52.1 Å². The van der Waals surface area contributed by atoms with E-state index in [0.29, 0.717) is 40.4 Å². The summed E-state index contributed by atoms with van der Waals surface area (Å²) in [5.74, 6) is 1.03. The second-order valence-corrected chi connectivity index (χ2v) is 9.00. The summed E-state index contributed by atoms with van der Waals surface area (Å²) in [5.41, 5.74) is 1.05. The lowest BCUT2D eigenvalue weighted by Gasteiger charge is -2.26. The van der Waals surface area contributed by atoms with Crippen LogP contribution in [-0.2, 0) is 9.53 Å². The standard InChI is InChI=1S/C27H30FN3O5/c1-33-25-16-20-22(17-26(25)35-12-2-9-31-10-13-34-14-11-31)29-8-7-23(20)36-24-6-5-19(15-21(24)28)30-27(32)18-3-4-18/h5-8,15-18H,2-4,9-14H2,1H3,(H,30,32). The number of ether oxygens (including phenoxy) is 4. The first-order valence-corrected chi connectivity index (χ1v) is 12.3. The molecule has 1 aliphatic carbocycles. The Morgan fingerprint density at radius 2 is 1.94 bits per heavy atom. The van der Waals surface area contributed by atoms with Crippen molar-refractivity contribution >= 4 is 22.5 Å². The summed E-state index contributed by atoms with van der Waals surface area (Å²) in [6, 6.07) is 9.67. The minimum Gasteiger partial charge on any atom is -0.493 e. The molecule has 3 aromatic rings. The number of aromatic nitrogens is 1. The van der Waals surface area contributed by atoms with Gasteiger partial charge in [-0.25, -0.2) is 4.39 Å². The molecule has 1 amide bonds. The molecule has 2 heterocycles. The number of nitrogens with one attached hydrogen (secondary N) is 1. The molecule has 2 aliphatic rings. The summed E-state index contributed by atoms with van der Waals surface area (Å²) in [6.07, 6.45) is 4.26. The Kier molecular flexibility index (Phi) is 7.48. The topological polar surface area (TPSA) is 82.2 Å². The average Bonchev–Trinajstić information content (AvgIpc) is 3.74. The average molecular weight is 496 g/mol. The molecule has 0 unspecified atom stereocenters. The van der Waals surface area contributed by atoms with E-state index in [4.69, 9.17) is 18.9 Å². The van der Waals surface area contributed by atoms with Crippen LogP contribution in [0.15, 0.2) is 42.6 Å². The van der Waals surface area contributed by atoms with Gasteiger partial charge in [0.05, 0.1) is 32.4 Å². The van der Waals surface area contributed by atoms with Crippen LogP contribution in [0.3, 0.4) is 0 Å². The van der Waals surface area contributed by atoms with E-state index in [1.54, 1.807) is 31.5 Å². The number of methoxy groups -OCH3 is 1. The number of benzene rings is 2. The summed E-state index contributed by atoms with van der Waals surface area (Å²) in [7, 11) is 1.58. The third-order valence-electron chi connectivity index (χ3n) is 6.33. The van der Waals surface area contributed by atoms with Crippen LogP contribution < -0.4 is 19.5 Å². The number of nitrogens with zero attached hydrogens (tertiary/aromatic N) is 2. The smallest absolute Gasteiger partial charge is 0.227 e. The third kappa shape index (κ3) is 5.85. The maximum atomic E-state index is 14.8. The van der Waals surface area contributed by atoms with Crippen LogP contribution in [0.25, 0.3) is 10.9 Å². The Labute approximate surface area is 209 Å². The Balaban J connectivity index is 1.27. The fourth-order valence-corrected chi connectivity index (χ4v) is 4.15. The van der Waals surface area contributed by atoms with E-state index in [1.807, 2.05) is 6.07 Å². The first-order valence-electron chi connectivity index (χ1n) is 12.3. The molecule has 2 aromatic carbocycles. The molecule has 8 nitrogen and oxygen atoms in total. The van der Waals surface area contributed by atoms with Crippen molar-refractivity contribution in [2.75, 3.05) is 51.9 Å². The largest absolute Gasteiger partial charge is 0.493 e. The number of anilines is 1. The fourth-order valence-electron chi connectivity index (χ4n) is 4.15. The molecule has 2 fully saturated rings. The highest BCUT2D eigenvalue weighted by molar-refractivity contribution is 5.94. The van der Waals surface area contributed by atoms with Gasteiger partial charge in [0.25, 0.3) is 0 Å². The summed E-state index contributed by atoms with van der Waals surface area (Å²) in [4.78, 5) is 18.7. The van der Waals surface area contributed by atoms with Gasteiger partial charge in [-0.2, -0.15) is 0 Å². The SMILES string of the molecule is COc1cc2c(Oc3ccc(NC(=O)C4CC4)cc3F)ccnc2cc1OCCCN1CCOCC1. The molecule has 1 saturated heterocycles. The highest BCUT2D eigenvalue weighted by Gasteiger charge is 2.29. The van der Waals surface area contributed by atoms with Gasteiger partial charge in [0, 0.05) is 55.0 Å². The molecule has 0 spiro atoms. The molecule has 1 N–H and O–H groups in total. The first kappa shape index (κ1) is 24.3. The second-order valence-electron chi connectivity index (χ2n) is 9.00. The lowest BCUT2D eigenvalue weighted by atomic mass is 10.1. The number of carbonyl (C=O) groups excluding carboxylic acids is 1. The predicted octanol–water partition coefficient (Wildman–Crippen LogP) is 4.62. The second kappa shape index (κ2) is 11.1. The maximum Gasteiger partial charge on any atom is 0.227 e. The van der Waals surface area contributed by atoms with Crippen LogP contribution in [-0.4, -0.2) is 62.4 Å². The summed E-state index contributed by atoms with van der Waals surface area (Å²) in [6.45, 7) is 4.95. The summed E-state index contributed by atoms with van der Waals surface area (Å²) < 4.78 is 37.6. The van der Waals surface area contributed by atoms with Gasteiger partial charge in [-0.1, -0.05) is 0 Å². The van der Waals surface area contributed by atoms with Crippen molar-refractivity contribution in [1.29, 1.82) is 0 Å². The van der Waals surface area contributed by atoms with E-state index >= 15 is 0 Å². The van der Waals surface area contributed by atoms with Gasteiger partial charge >= 0.3 is 0 Å². The lowest BCUT2D eigenvalue weighted by Crippen LogP contribution is -2.37. The Hall–Kier alpha value is -3.43. The lowest BCUT2D eigenvalue weighted by molar-refractivity contribution is -0.117. The minimum atomic E-state index is -0.569. The van der Waals surface area contributed by atoms with Crippen LogP contribution in [0.4, 0.5) is 10.1 Å². The van der Waals surface area contributed by atoms with E-state index in [2.05, 4.69) is 15.2 Å². The monoisotopic (exact) mass is 495 g/mol. The number of halogens is 1. The van der Waals surface area contributed by atoms with E-state index in [1.165, 1.54) is 12.1 Å². The zero-order valence-electron chi connectivity index (χ0n) is 20.3. The van der Waals surface area contributed by atoms with Crippen molar-refractivity contribution in [3.8, 4) is 23.0 Å². The summed E-state index contributed by atoms with van der Waals surface area (Å²) >= 11 is 0. The zero-order valence-corrected chi connectivity index (χ0v) is 20.3. The van der Waals surface area contributed by atoms with E-state index < -0.39 is 5.82 Å². The van der Waals surface area contributed by atoms with Gasteiger partial charge in [-0.3, -0.25) is 14.7 Å². The maximum absolute atomic E-state index is 14.8. The molecule has 1 aromatic heterocycles. The van der Waals surface area contributed by atoms with Gasteiger partial charge in [0.1, 0.15) is 5.75 Å². The number of fused-ring (bicyclic) bond motifs is 1. The molecule has 36 heavy (non-hydrogen) atoms. The van der Waals surface area contributed by atoms with Gasteiger partial charge < -0.3 is 24.3 Å². The number of amides is 1. The molecule has 5 rings (SSSR count). The first-order chi connectivity index (χ1) is 17.6. The van der Waals surface area contributed by atoms with E-state index in [9.17, 15) is 9.18 Å². The molecular formula is C27H30FN3O5. The van der Waals surface area contributed by atoms with Gasteiger partial charge in [0.2, 0.25) is 5.91 Å².